The number of carbonyl (C=O) groups is 1. The molecule has 1 N–H and O–H groups in total. The highest BCUT2D eigenvalue weighted by atomic mass is 32.1. The number of piperidine rings is 1. The molecule has 0 bridgehead atoms. The number of hydrogen-bond acceptors (Lipinski definition) is 4. The molecule has 5 nitrogen and oxygen atoms in total. The molecule has 1 aliphatic carbocycles. The summed E-state index contributed by atoms with van der Waals surface area (Å²) in [6, 6.07) is 2.23. The van der Waals surface area contributed by atoms with Crippen LogP contribution in [0, 0.1) is 5.41 Å². The van der Waals surface area contributed by atoms with Gasteiger partial charge in [-0.25, -0.2) is 4.98 Å². The minimum Gasteiger partial charge on any atom is -0.356 e. The van der Waals surface area contributed by atoms with Gasteiger partial charge in [-0.1, -0.05) is 0 Å². The Labute approximate surface area is 146 Å². The summed E-state index contributed by atoms with van der Waals surface area (Å²) >= 11 is 1.73. The molecule has 2 aliphatic rings. The minimum atomic E-state index is 0.0740. The van der Waals surface area contributed by atoms with Crippen molar-refractivity contribution in [1.82, 2.24) is 19.8 Å². The summed E-state index contributed by atoms with van der Waals surface area (Å²) in [5.74, 6) is 0.0740. The van der Waals surface area contributed by atoms with Gasteiger partial charge in [0.15, 0.2) is 0 Å². The standard InChI is InChI=1S/C18H24N4OS/c1-21-8-3-14(12-21)17(23)20-15-2-4-18(15)5-9-22(10-6-18)13-16-19-7-11-24-16/h3,7-8,11-12,15H,2,4-6,9-10,13H2,1H3,(H,20,23). The van der Waals surface area contributed by atoms with E-state index in [1.165, 1.54) is 24.3 Å². The number of aryl methyl sites for hydroxylation is 1. The van der Waals surface area contributed by atoms with Crippen LogP contribution in [0.15, 0.2) is 30.0 Å². The first-order valence-corrected chi connectivity index (χ1v) is 9.56. The van der Waals surface area contributed by atoms with Crippen molar-refractivity contribution in [3.8, 4) is 0 Å². The topological polar surface area (TPSA) is 50.2 Å². The zero-order valence-electron chi connectivity index (χ0n) is 14.1. The van der Waals surface area contributed by atoms with Crippen LogP contribution in [-0.2, 0) is 13.6 Å². The first-order chi connectivity index (χ1) is 11.6. The van der Waals surface area contributed by atoms with E-state index >= 15 is 0 Å². The maximum absolute atomic E-state index is 12.4. The fourth-order valence-electron chi connectivity index (χ4n) is 4.08. The Balaban J connectivity index is 1.32. The van der Waals surface area contributed by atoms with Gasteiger partial charge in [0, 0.05) is 37.1 Å². The third-order valence-corrected chi connectivity index (χ3v) is 6.53. The average molecular weight is 344 g/mol. The molecule has 4 rings (SSSR count). The molecule has 1 atom stereocenters. The molecular formula is C18H24N4OS. The third-order valence-electron chi connectivity index (χ3n) is 5.76. The summed E-state index contributed by atoms with van der Waals surface area (Å²) in [6.45, 7) is 3.18. The van der Waals surface area contributed by atoms with Crippen LogP contribution in [0.4, 0.5) is 0 Å². The Morgan fingerprint density at radius 3 is 2.83 bits per heavy atom. The van der Waals surface area contributed by atoms with Gasteiger partial charge in [-0.2, -0.15) is 0 Å². The molecule has 0 aromatic carbocycles. The monoisotopic (exact) mass is 344 g/mol. The molecule has 1 unspecified atom stereocenters. The summed E-state index contributed by atoms with van der Waals surface area (Å²) in [4.78, 5) is 19.3. The number of thiazole rings is 1. The molecule has 3 heterocycles. The van der Waals surface area contributed by atoms with Gasteiger partial charge in [-0.3, -0.25) is 9.69 Å². The van der Waals surface area contributed by atoms with E-state index in [0.717, 1.165) is 31.6 Å². The molecule has 1 aliphatic heterocycles. The predicted octanol–water partition coefficient (Wildman–Crippen LogP) is 2.66. The Kier molecular flexibility index (Phi) is 4.18. The van der Waals surface area contributed by atoms with Gasteiger partial charge in [0.25, 0.3) is 5.91 Å². The summed E-state index contributed by atoms with van der Waals surface area (Å²) in [6.07, 6.45) is 10.4. The van der Waals surface area contributed by atoms with E-state index in [2.05, 4.69) is 15.2 Å². The van der Waals surface area contributed by atoms with Crippen molar-refractivity contribution in [2.75, 3.05) is 13.1 Å². The Morgan fingerprint density at radius 1 is 1.42 bits per heavy atom. The summed E-state index contributed by atoms with van der Waals surface area (Å²) in [7, 11) is 1.94. The van der Waals surface area contributed by atoms with E-state index in [0.29, 0.717) is 11.5 Å². The van der Waals surface area contributed by atoms with E-state index in [1.807, 2.05) is 41.7 Å². The summed E-state index contributed by atoms with van der Waals surface area (Å²) < 4.78 is 1.92. The van der Waals surface area contributed by atoms with Crippen molar-refractivity contribution in [2.45, 2.75) is 38.3 Å². The Morgan fingerprint density at radius 2 is 2.25 bits per heavy atom. The number of nitrogens with zero attached hydrogens (tertiary/aromatic N) is 3. The van der Waals surface area contributed by atoms with Crippen LogP contribution in [0.1, 0.15) is 41.0 Å². The van der Waals surface area contributed by atoms with E-state index in [-0.39, 0.29) is 5.91 Å². The van der Waals surface area contributed by atoms with Gasteiger partial charge >= 0.3 is 0 Å². The fourth-order valence-corrected chi connectivity index (χ4v) is 4.74. The molecule has 1 spiro atoms. The van der Waals surface area contributed by atoms with Crippen molar-refractivity contribution in [2.24, 2.45) is 12.5 Å². The van der Waals surface area contributed by atoms with Crippen molar-refractivity contribution in [3.63, 3.8) is 0 Å². The lowest BCUT2D eigenvalue weighted by Gasteiger charge is -2.54. The molecule has 1 saturated heterocycles. The SMILES string of the molecule is Cn1ccc(C(=O)NC2CCC23CCN(Cc2nccs2)CC3)c1. The quantitative estimate of drug-likeness (QED) is 0.928. The van der Waals surface area contributed by atoms with E-state index in [9.17, 15) is 4.79 Å². The first kappa shape index (κ1) is 15.8. The number of amides is 1. The Hall–Kier alpha value is -1.66. The second-order valence-corrected chi connectivity index (χ2v) is 8.17. The van der Waals surface area contributed by atoms with Gasteiger partial charge in [0.05, 0.1) is 12.1 Å². The molecule has 2 aromatic heterocycles. The van der Waals surface area contributed by atoms with E-state index < -0.39 is 0 Å². The van der Waals surface area contributed by atoms with Crippen LogP contribution in [0.25, 0.3) is 0 Å². The second kappa shape index (κ2) is 6.33. The fraction of sp³-hybridized carbons (Fsp3) is 0.556. The molecule has 6 heteroatoms. The molecular weight excluding hydrogens is 320 g/mol. The van der Waals surface area contributed by atoms with Gasteiger partial charge < -0.3 is 9.88 Å². The van der Waals surface area contributed by atoms with E-state index in [1.54, 1.807) is 11.3 Å². The summed E-state index contributed by atoms with van der Waals surface area (Å²) in [5.41, 5.74) is 1.09. The highest BCUT2D eigenvalue weighted by molar-refractivity contribution is 7.09. The lowest BCUT2D eigenvalue weighted by Crippen LogP contribution is -2.59. The molecule has 128 valence electrons. The third kappa shape index (κ3) is 3.00. The smallest absolute Gasteiger partial charge is 0.253 e. The number of carbonyl (C=O) groups excluding carboxylic acids is 1. The zero-order valence-corrected chi connectivity index (χ0v) is 14.9. The van der Waals surface area contributed by atoms with Crippen LogP contribution in [0.2, 0.25) is 0 Å². The van der Waals surface area contributed by atoms with Crippen molar-refractivity contribution < 1.29 is 4.79 Å². The molecule has 2 aromatic rings. The van der Waals surface area contributed by atoms with Crippen LogP contribution in [0.3, 0.4) is 0 Å². The van der Waals surface area contributed by atoms with Gasteiger partial charge in [0.1, 0.15) is 5.01 Å². The largest absolute Gasteiger partial charge is 0.356 e. The molecule has 24 heavy (non-hydrogen) atoms. The average Bonchev–Trinajstić information content (AvgIpc) is 3.24. The highest BCUT2D eigenvalue weighted by Gasteiger charge is 2.48. The maximum atomic E-state index is 12.4. The first-order valence-electron chi connectivity index (χ1n) is 8.68. The molecule has 0 radical (unpaired) electrons. The predicted molar refractivity (Wildman–Crippen MR) is 95.0 cm³/mol. The number of aromatic nitrogens is 2. The molecule has 1 saturated carbocycles. The number of nitrogens with one attached hydrogen (secondary N) is 1. The van der Waals surface area contributed by atoms with Crippen LogP contribution in [-0.4, -0.2) is 39.5 Å². The lowest BCUT2D eigenvalue weighted by molar-refractivity contribution is -0.00711. The van der Waals surface area contributed by atoms with Crippen molar-refractivity contribution in [1.29, 1.82) is 0 Å². The number of hydrogen-bond donors (Lipinski definition) is 1. The Bertz CT molecular complexity index is 700. The van der Waals surface area contributed by atoms with Crippen molar-refractivity contribution in [3.05, 3.63) is 40.6 Å². The minimum absolute atomic E-state index is 0.0740. The molecule has 1 amide bonds. The van der Waals surface area contributed by atoms with Gasteiger partial charge in [0.2, 0.25) is 0 Å². The highest BCUT2D eigenvalue weighted by Crippen LogP contribution is 2.49. The summed E-state index contributed by atoms with van der Waals surface area (Å²) in [5, 5.41) is 6.53. The lowest BCUT2D eigenvalue weighted by atomic mass is 9.59. The zero-order chi connectivity index (χ0) is 16.6. The number of likely N-dealkylation sites (tertiary alicyclic amines) is 1. The number of rotatable bonds is 4. The molecule has 2 fully saturated rings. The van der Waals surface area contributed by atoms with Crippen LogP contribution >= 0.6 is 11.3 Å². The van der Waals surface area contributed by atoms with Gasteiger partial charge in [-0.05, 0) is 50.3 Å². The van der Waals surface area contributed by atoms with Crippen LogP contribution in [0.5, 0.6) is 0 Å². The van der Waals surface area contributed by atoms with Gasteiger partial charge in [-0.15, -0.1) is 11.3 Å². The van der Waals surface area contributed by atoms with E-state index in [4.69, 9.17) is 0 Å². The maximum Gasteiger partial charge on any atom is 0.253 e. The van der Waals surface area contributed by atoms with Crippen molar-refractivity contribution >= 4 is 17.2 Å². The normalized spacial score (nSPS) is 23.1. The second-order valence-electron chi connectivity index (χ2n) is 7.19. The van der Waals surface area contributed by atoms with Crippen LogP contribution < -0.4 is 5.32 Å².